The van der Waals surface area contributed by atoms with Crippen LogP contribution in [0.2, 0.25) is 5.22 Å². The Hall–Kier alpha value is -0.440. The smallest absolute Gasteiger partial charge is 0.193 e. The minimum Gasteiger partial charge on any atom is -0.448 e. The standard InChI is InChI=1S/C11H7BrCl2O/c12-8-3-1-7(2-4-8)11(14)9-5-6-10(13)15-9/h1-6,11H. The molecule has 2 rings (SSSR count). The number of hydrogen-bond donors (Lipinski definition) is 0. The van der Waals surface area contributed by atoms with Gasteiger partial charge in [0.25, 0.3) is 0 Å². The van der Waals surface area contributed by atoms with Crippen molar-refractivity contribution in [3.05, 3.63) is 57.4 Å². The SMILES string of the molecule is Clc1ccc(C(Cl)c2ccc(Br)cc2)o1. The zero-order valence-corrected chi connectivity index (χ0v) is 10.7. The monoisotopic (exact) mass is 304 g/mol. The van der Waals surface area contributed by atoms with Gasteiger partial charge in [0.1, 0.15) is 11.1 Å². The molecule has 0 aliphatic carbocycles. The lowest BCUT2D eigenvalue weighted by Gasteiger charge is -2.06. The number of benzene rings is 1. The second-order valence-corrected chi connectivity index (χ2v) is 4.78. The van der Waals surface area contributed by atoms with Crippen LogP contribution in [0.5, 0.6) is 0 Å². The first-order valence-corrected chi connectivity index (χ1v) is 5.92. The van der Waals surface area contributed by atoms with Gasteiger partial charge in [0.2, 0.25) is 0 Å². The van der Waals surface area contributed by atoms with Gasteiger partial charge in [-0.25, -0.2) is 0 Å². The Morgan fingerprint density at radius 1 is 1.07 bits per heavy atom. The predicted molar refractivity (Wildman–Crippen MR) is 65.6 cm³/mol. The van der Waals surface area contributed by atoms with E-state index in [1.807, 2.05) is 24.3 Å². The van der Waals surface area contributed by atoms with Gasteiger partial charge in [0.15, 0.2) is 5.22 Å². The predicted octanol–water partition coefficient (Wildman–Crippen LogP) is 5.02. The van der Waals surface area contributed by atoms with Crippen molar-refractivity contribution in [3.8, 4) is 0 Å². The summed E-state index contributed by atoms with van der Waals surface area (Å²) in [4.78, 5) is 0. The quantitative estimate of drug-likeness (QED) is 0.710. The Morgan fingerprint density at radius 3 is 2.27 bits per heavy atom. The molecule has 78 valence electrons. The van der Waals surface area contributed by atoms with Crippen LogP contribution < -0.4 is 0 Å². The number of alkyl halides is 1. The first kappa shape index (κ1) is 11.1. The Balaban J connectivity index is 2.28. The van der Waals surface area contributed by atoms with E-state index >= 15 is 0 Å². The molecule has 0 amide bonds. The van der Waals surface area contributed by atoms with Crippen molar-refractivity contribution in [2.24, 2.45) is 0 Å². The molecule has 1 aromatic carbocycles. The summed E-state index contributed by atoms with van der Waals surface area (Å²) in [5.41, 5.74) is 0.978. The molecule has 0 aliphatic rings. The van der Waals surface area contributed by atoms with Crippen molar-refractivity contribution < 1.29 is 4.42 Å². The van der Waals surface area contributed by atoms with Gasteiger partial charge in [-0.2, -0.15) is 0 Å². The summed E-state index contributed by atoms with van der Waals surface area (Å²) >= 11 is 15.3. The van der Waals surface area contributed by atoms with E-state index in [0.717, 1.165) is 10.0 Å². The molecular formula is C11H7BrCl2O. The van der Waals surface area contributed by atoms with E-state index < -0.39 is 0 Å². The number of halogens is 3. The van der Waals surface area contributed by atoms with E-state index in [2.05, 4.69) is 15.9 Å². The van der Waals surface area contributed by atoms with E-state index in [4.69, 9.17) is 27.6 Å². The number of rotatable bonds is 2. The van der Waals surface area contributed by atoms with Crippen LogP contribution in [0, 0.1) is 0 Å². The van der Waals surface area contributed by atoms with Crippen molar-refractivity contribution in [1.82, 2.24) is 0 Å². The lowest BCUT2D eigenvalue weighted by molar-refractivity contribution is 0.518. The molecule has 0 spiro atoms. The molecule has 0 fully saturated rings. The van der Waals surface area contributed by atoms with Crippen LogP contribution in [-0.2, 0) is 0 Å². The second-order valence-electron chi connectivity index (χ2n) is 3.06. The first-order chi connectivity index (χ1) is 7.16. The Bertz CT molecular complexity index is 450. The highest BCUT2D eigenvalue weighted by atomic mass is 79.9. The van der Waals surface area contributed by atoms with Crippen LogP contribution in [0.1, 0.15) is 16.7 Å². The van der Waals surface area contributed by atoms with Gasteiger partial charge >= 0.3 is 0 Å². The van der Waals surface area contributed by atoms with Crippen molar-refractivity contribution in [3.63, 3.8) is 0 Å². The molecule has 1 nitrogen and oxygen atoms in total. The highest BCUT2D eigenvalue weighted by Gasteiger charge is 2.14. The summed E-state index contributed by atoms with van der Waals surface area (Å²) in [5.74, 6) is 0.656. The van der Waals surface area contributed by atoms with Crippen molar-refractivity contribution >= 4 is 39.1 Å². The summed E-state index contributed by atoms with van der Waals surface area (Å²) in [6.07, 6.45) is 0. The topological polar surface area (TPSA) is 13.1 Å². The molecule has 15 heavy (non-hydrogen) atoms. The fourth-order valence-electron chi connectivity index (χ4n) is 1.26. The zero-order valence-electron chi connectivity index (χ0n) is 7.58. The molecule has 1 aromatic heterocycles. The number of furan rings is 1. The van der Waals surface area contributed by atoms with E-state index in [0.29, 0.717) is 11.0 Å². The van der Waals surface area contributed by atoms with Crippen LogP contribution in [0.3, 0.4) is 0 Å². The highest BCUT2D eigenvalue weighted by Crippen LogP contribution is 2.31. The molecule has 4 heteroatoms. The fourth-order valence-corrected chi connectivity index (χ4v) is 1.94. The van der Waals surface area contributed by atoms with E-state index in [-0.39, 0.29) is 5.38 Å². The van der Waals surface area contributed by atoms with Gasteiger partial charge in [0, 0.05) is 4.47 Å². The summed E-state index contributed by atoms with van der Waals surface area (Å²) in [7, 11) is 0. The molecule has 0 saturated carbocycles. The third-order valence-electron chi connectivity index (χ3n) is 2.01. The van der Waals surface area contributed by atoms with Crippen molar-refractivity contribution in [2.45, 2.75) is 5.38 Å². The van der Waals surface area contributed by atoms with Gasteiger partial charge < -0.3 is 4.42 Å². The lowest BCUT2D eigenvalue weighted by Crippen LogP contribution is -1.90. The van der Waals surface area contributed by atoms with Gasteiger partial charge in [0.05, 0.1) is 0 Å². The third kappa shape index (κ3) is 2.57. The van der Waals surface area contributed by atoms with Gasteiger partial charge in [-0.1, -0.05) is 28.1 Å². The summed E-state index contributed by atoms with van der Waals surface area (Å²) in [6, 6.07) is 11.2. The maximum absolute atomic E-state index is 6.23. The first-order valence-electron chi connectivity index (χ1n) is 4.31. The second kappa shape index (κ2) is 4.60. The van der Waals surface area contributed by atoms with Gasteiger partial charge in [-0.05, 0) is 41.4 Å². The lowest BCUT2D eigenvalue weighted by atomic mass is 10.1. The van der Waals surface area contributed by atoms with Gasteiger partial charge in [-0.3, -0.25) is 0 Å². The molecule has 1 atom stereocenters. The molecule has 0 bridgehead atoms. The third-order valence-corrected chi connectivity index (χ3v) is 3.21. The van der Waals surface area contributed by atoms with E-state index in [1.165, 1.54) is 0 Å². The van der Waals surface area contributed by atoms with Crippen LogP contribution in [0.4, 0.5) is 0 Å². The summed E-state index contributed by atoms with van der Waals surface area (Å²) in [6.45, 7) is 0. The summed E-state index contributed by atoms with van der Waals surface area (Å²) < 4.78 is 6.27. The van der Waals surface area contributed by atoms with Crippen LogP contribution in [0.15, 0.2) is 45.3 Å². The minimum absolute atomic E-state index is 0.300. The zero-order chi connectivity index (χ0) is 10.8. The molecule has 1 heterocycles. The Kier molecular flexibility index (Phi) is 3.39. The Labute approximate surface area is 106 Å². The van der Waals surface area contributed by atoms with E-state index in [9.17, 15) is 0 Å². The fraction of sp³-hybridized carbons (Fsp3) is 0.0909. The molecule has 0 radical (unpaired) electrons. The average Bonchev–Trinajstić information content (AvgIpc) is 2.65. The van der Waals surface area contributed by atoms with Gasteiger partial charge in [-0.15, -0.1) is 11.6 Å². The van der Waals surface area contributed by atoms with Crippen molar-refractivity contribution in [2.75, 3.05) is 0 Å². The largest absolute Gasteiger partial charge is 0.448 e. The molecular weight excluding hydrogens is 299 g/mol. The average molecular weight is 306 g/mol. The Morgan fingerprint density at radius 2 is 1.73 bits per heavy atom. The highest BCUT2D eigenvalue weighted by molar-refractivity contribution is 9.10. The molecule has 0 aliphatic heterocycles. The molecule has 2 aromatic rings. The van der Waals surface area contributed by atoms with Crippen LogP contribution in [0.25, 0.3) is 0 Å². The minimum atomic E-state index is -0.300. The maximum atomic E-state index is 6.23. The van der Waals surface area contributed by atoms with Crippen molar-refractivity contribution in [1.29, 1.82) is 0 Å². The van der Waals surface area contributed by atoms with E-state index in [1.54, 1.807) is 12.1 Å². The number of hydrogen-bond acceptors (Lipinski definition) is 1. The maximum Gasteiger partial charge on any atom is 0.193 e. The molecule has 0 N–H and O–H groups in total. The molecule has 0 saturated heterocycles. The summed E-state index contributed by atoms with van der Waals surface area (Å²) in [5, 5.41) is 0.0540. The molecule has 1 unspecified atom stereocenters. The normalized spacial score (nSPS) is 12.7. The van der Waals surface area contributed by atoms with Crippen LogP contribution >= 0.6 is 39.1 Å². The van der Waals surface area contributed by atoms with Crippen LogP contribution in [-0.4, -0.2) is 0 Å².